The summed E-state index contributed by atoms with van der Waals surface area (Å²) in [4.78, 5) is 22.2. The highest BCUT2D eigenvalue weighted by atomic mass is 35.5. The zero-order chi connectivity index (χ0) is 17.0. The van der Waals surface area contributed by atoms with E-state index in [-0.39, 0.29) is 22.1 Å². The number of nitrogens with one attached hydrogen (secondary N) is 1. The fraction of sp³-hybridized carbons (Fsp3) is 0.133. The third-order valence-corrected chi connectivity index (χ3v) is 3.19. The molecule has 0 heterocycles. The van der Waals surface area contributed by atoms with E-state index in [1.54, 1.807) is 13.0 Å². The second kappa shape index (κ2) is 7.06. The van der Waals surface area contributed by atoms with Gasteiger partial charge in [0.05, 0.1) is 15.6 Å². The minimum atomic E-state index is -0.586. The number of benzene rings is 2. The van der Waals surface area contributed by atoms with E-state index in [9.17, 15) is 19.3 Å². The van der Waals surface area contributed by atoms with Crippen LogP contribution in [0, 0.1) is 22.9 Å². The molecule has 0 unspecified atom stereocenters. The maximum atomic E-state index is 12.9. The van der Waals surface area contributed by atoms with Gasteiger partial charge in [0.25, 0.3) is 5.91 Å². The Labute approximate surface area is 136 Å². The number of halogens is 2. The number of hydrogen-bond donors (Lipinski definition) is 1. The van der Waals surface area contributed by atoms with Crippen LogP contribution in [0.2, 0.25) is 5.02 Å². The van der Waals surface area contributed by atoms with Gasteiger partial charge >= 0.3 is 5.69 Å². The number of rotatable bonds is 5. The van der Waals surface area contributed by atoms with E-state index in [4.69, 9.17) is 16.3 Å². The average molecular weight is 339 g/mol. The lowest BCUT2D eigenvalue weighted by atomic mass is 10.2. The smallest absolute Gasteiger partial charge is 0.311 e. The normalized spacial score (nSPS) is 10.2. The van der Waals surface area contributed by atoms with Crippen molar-refractivity contribution in [3.05, 3.63) is 62.9 Å². The van der Waals surface area contributed by atoms with Crippen molar-refractivity contribution in [2.45, 2.75) is 6.92 Å². The Kier molecular flexibility index (Phi) is 5.13. The van der Waals surface area contributed by atoms with Crippen LogP contribution in [-0.4, -0.2) is 17.4 Å². The van der Waals surface area contributed by atoms with Crippen molar-refractivity contribution >= 4 is 28.9 Å². The summed E-state index contributed by atoms with van der Waals surface area (Å²) in [7, 11) is 0. The van der Waals surface area contributed by atoms with Gasteiger partial charge in [-0.2, -0.15) is 0 Å². The van der Waals surface area contributed by atoms with Crippen molar-refractivity contribution in [2.75, 3.05) is 11.9 Å². The third-order valence-electron chi connectivity index (χ3n) is 2.88. The van der Waals surface area contributed by atoms with E-state index in [0.29, 0.717) is 5.56 Å². The van der Waals surface area contributed by atoms with E-state index in [0.717, 1.165) is 12.1 Å². The molecule has 23 heavy (non-hydrogen) atoms. The van der Waals surface area contributed by atoms with Gasteiger partial charge in [-0.25, -0.2) is 4.39 Å². The number of ether oxygens (including phenoxy) is 1. The number of nitro groups is 1. The van der Waals surface area contributed by atoms with Gasteiger partial charge in [0.2, 0.25) is 0 Å². The zero-order valence-electron chi connectivity index (χ0n) is 12.0. The minimum absolute atomic E-state index is 0.0130. The number of hydrogen-bond acceptors (Lipinski definition) is 4. The summed E-state index contributed by atoms with van der Waals surface area (Å²) >= 11 is 5.79. The molecule has 2 aromatic carbocycles. The second-order valence-corrected chi connectivity index (χ2v) is 5.10. The van der Waals surface area contributed by atoms with Gasteiger partial charge in [-0.15, -0.1) is 0 Å². The molecule has 0 saturated heterocycles. The van der Waals surface area contributed by atoms with Gasteiger partial charge in [0.1, 0.15) is 5.82 Å². The zero-order valence-corrected chi connectivity index (χ0v) is 12.8. The molecule has 0 fully saturated rings. The van der Waals surface area contributed by atoms with Crippen LogP contribution in [0.1, 0.15) is 5.56 Å². The molecule has 2 aromatic rings. The Hall–Kier alpha value is -2.67. The Morgan fingerprint density at radius 1 is 1.35 bits per heavy atom. The first-order chi connectivity index (χ1) is 10.9. The molecular formula is C15H12ClFN2O4. The lowest BCUT2D eigenvalue weighted by molar-refractivity contribution is -0.385. The minimum Gasteiger partial charge on any atom is -0.477 e. The maximum Gasteiger partial charge on any atom is 0.311 e. The molecule has 0 saturated carbocycles. The fourth-order valence-corrected chi connectivity index (χ4v) is 2.03. The molecule has 0 bridgehead atoms. The first-order valence-corrected chi connectivity index (χ1v) is 6.87. The number of amides is 1. The highest BCUT2D eigenvalue weighted by Crippen LogP contribution is 2.28. The molecule has 0 atom stereocenters. The molecule has 0 spiro atoms. The van der Waals surface area contributed by atoms with Gasteiger partial charge in [0.15, 0.2) is 12.4 Å². The summed E-state index contributed by atoms with van der Waals surface area (Å²) in [6.07, 6.45) is 0. The van der Waals surface area contributed by atoms with Crippen molar-refractivity contribution in [1.29, 1.82) is 0 Å². The summed E-state index contributed by atoms with van der Waals surface area (Å²) in [5.74, 6) is -1.12. The van der Waals surface area contributed by atoms with Gasteiger partial charge in [-0.05, 0) is 36.8 Å². The summed E-state index contributed by atoms with van der Waals surface area (Å²) in [6.45, 7) is 1.26. The molecule has 8 heteroatoms. The largest absolute Gasteiger partial charge is 0.477 e. The Balaban J connectivity index is 2.03. The van der Waals surface area contributed by atoms with Crippen LogP contribution in [-0.2, 0) is 4.79 Å². The number of nitrogens with zero attached hydrogens (tertiary/aromatic N) is 1. The molecule has 0 aliphatic rings. The number of carbonyl (C=O) groups excluding carboxylic acids is 1. The summed E-state index contributed by atoms with van der Waals surface area (Å²) in [5.41, 5.74) is 0.698. The summed E-state index contributed by atoms with van der Waals surface area (Å²) in [6, 6.07) is 7.92. The van der Waals surface area contributed by atoms with Crippen LogP contribution in [0.25, 0.3) is 0 Å². The summed E-state index contributed by atoms with van der Waals surface area (Å²) < 4.78 is 18.1. The number of anilines is 1. The molecular weight excluding hydrogens is 327 g/mol. The maximum absolute atomic E-state index is 12.9. The van der Waals surface area contributed by atoms with Gasteiger partial charge in [0, 0.05) is 6.07 Å². The highest BCUT2D eigenvalue weighted by molar-refractivity contribution is 6.33. The van der Waals surface area contributed by atoms with Crippen LogP contribution >= 0.6 is 11.6 Å². The van der Waals surface area contributed by atoms with Crippen LogP contribution in [0.3, 0.4) is 0 Å². The van der Waals surface area contributed by atoms with Crippen molar-refractivity contribution in [2.24, 2.45) is 0 Å². The number of carbonyl (C=O) groups is 1. The molecule has 0 aliphatic carbocycles. The molecule has 6 nitrogen and oxygen atoms in total. The topological polar surface area (TPSA) is 81.5 Å². The van der Waals surface area contributed by atoms with E-state index in [1.165, 1.54) is 18.2 Å². The molecule has 0 aromatic heterocycles. The van der Waals surface area contributed by atoms with Gasteiger partial charge in [-0.3, -0.25) is 14.9 Å². The standard InChI is InChI=1S/C15H12ClFN2O4/c1-9-2-5-14(13(6-9)19(21)22)23-8-15(20)18-12-4-3-10(17)7-11(12)16/h2-7H,8H2,1H3,(H,18,20). The monoisotopic (exact) mass is 338 g/mol. The lowest BCUT2D eigenvalue weighted by Crippen LogP contribution is -2.20. The van der Waals surface area contributed by atoms with E-state index in [1.807, 2.05) is 0 Å². The predicted molar refractivity (Wildman–Crippen MR) is 83.4 cm³/mol. The Morgan fingerprint density at radius 3 is 2.74 bits per heavy atom. The second-order valence-electron chi connectivity index (χ2n) is 4.69. The van der Waals surface area contributed by atoms with Crippen molar-refractivity contribution < 1.29 is 18.8 Å². The van der Waals surface area contributed by atoms with E-state index < -0.39 is 23.3 Å². The van der Waals surface area contributed by atoms with E-state index in [2.05, 4.69) is 5.32 Å². The SMILES string of the molecule is Cc1ccc(OCC(=O)Nc2ccc(F)cc2Cl)c([N+](=O)[O-])c1. The first-order valence-electron chi connectivity index (χ1n) is 6.49. The van der Waals surface area contributed by atoms with Crippen LogP contribution in [0.5, 0.6) is 5.75 Å². The molecule has 0 aliphatic heterocycles. The number of nitro benzene ring substituents is 1. The highest BCUT2D eigenvalue weighted by Gasteiger charge is 2.16. The molecule has 120 valence electrons. The van der Waals surface area contributed by atoms with Gasteiger partial charge < -0.3 is 10.1 Å². The van der Waals surface area contributed by atoms with Gasteiger partial charge in [-0.1, -0.05) is 17.7 Å². The molecule has 0 radical (unpaired) electrons. The van der Waals surface area contributed by atoms with Crippen molar-refractivity contribution in [3.8, 4) is 5.75 Å². The molecule has 1 N–H and O–H groups in total. The summed E-state index contributed by atoms with van der Waals surface area (Å²) in [5, 5.41) is 13.4. The third kappa shape index (κ3) is 4.40. The Bertz CT molecular complexity index is 767. The van der Waals surface area contributed by atoms with Crippen molar-refractivity contribution in [3.63, 3.8) is 0 Å². The predicted octanol–water partition coefficient (Wildman–Crippen LogP) is 3.71. The quantitative estimate of drug-likeness (QED) is 0.665. The average Bonchev–Trinajstić information content (AvgIpc) is 2.48. The van der Waals surface area contributed by atoms with Crippen molar-refractivity contribution in [1.82, 2.24) is 0 Å². The fourth-order valence-electron chi connectivity index (χ4n) is 1.81. The molecule has 2 rings (SSSR count). The first kappa shape index (κ1) is 16.7. The molecule has 1 amide bonds. The van der Waals surface area contributed by atoms with Crippen LogP contribution < -0.4 is 10.1 Å². The number of aryl methyl sites for hydroxylation is 1. The lowest BCUT2D eigenvalue weighted by Gasteiger charge is -2.09. The van der Waals surface area contributed by atoms with E-state index >= 15 is 0 Å². The van der Waals surface area contributed by atoms with Crippen LogP contribution in [0.15, 0.2) is 36.4 Å². The Morgan fingerprint density at radius 2 is 2.09 bits per heavy atom. The van der Waals surface area contributed by atoms with Crippen LogP contribution in [0.4, 0.5) is 15.8 Å².